The largest absolute Gasteiger partial charge is 0.397 e. The fourth-order valence-electron chi connectivity index (χ4n) is 1.88. The van der Waals surface area contributed by atoms with Gasteiger partial charge in [-0.1, -0.05) is 44.2 Å². The number of aromatic nitrogens is 1. The highest BCUT2D eigenvalue weighted by atomic mass is 79.9. The van der Waals surface area contributed by atoms with E-state index in [-0.39, 0.29) is 5.41 Å². The first-order valence-electron chi connectivity index (χ1n) is 6.19. The van der Waals surface area contributed by atoms with E-state index in [4.69, 9.17) is 5.73 Å². The van der Waals surface area contributed by atoms with Gasteiger partial charge in [-0.3, -0.25) is 0 Å². The highest BCUT2D eigenvalue weighted by molar-refractivity contribution is 9.10. The van der Waals surface area contributed by atoms with Crippen LogP contribution in [0.2, 0.25) is 0 Å². The number of nitrogens with two attached hydrogens (primary N) is 1. The fourth-order valence-corrected chi connectivity index (χ4v) is 2.39. The molecule has 0 bridgehead atoms. The van der Waals surface area contributed by atoms with Crippen molar-refractivity contribution in [2.24, 2.45) is 0 Å². The van der Waals surface area contributed by atoms with Crippen LogP contribution in [-0.2, 0) is 5.41 Å². The Kier molecular flexibility index (Phi) is 4.10. The molecular formula is C15H18BrN3. The molecule has 0 saturated heterocycles. The van der Waals surface area contributed by atoms with Crippen LogP contribution in [-0.4, -0.2) is 11.5 Å². The normalized spacial score (nSPS) is 11.3. The van der Waals surface area contributed by atoms with Gasteiger partial charge in [0.2, 0.25) is 0 Å². The molecule has 0 aliphatic carbocycles. The minimum Gasteiger partial charge on any atom is -0.397 e. The predicted octanol–water partition coefficient (Wildman–Crippen LogP) is 3.82. The number of hydrogen-bond acceptors (Lipinski definition) is 3. The molecule has 0 saturated carbocycles. The Morgan fingerprint density at radius 3 is 2.58 bits per heavy atom. The molecule has 0 amide bonds. The smallest absolute Gasteiger partial charge is 0.140 e. The van der Waals surface area contributed by atoms with Crippen LogP contribution in [0.4, 0.5) is 11.5 Å². The van der Waals surface area contributed by atoms with E-state index in [1.165, 1.54) is 5.56 Å². The maximum absolute atomic E-state index is 5.68. The van der Waals surface area contributed by atoms with Crippen LogP contribution >= 0.6 is 15.9 Å². The molecular weight excluding hydrogens is 302 g/mol. The van der Waals surface area contributed by atoms with E-state index in [1.54, 1.807) is 6.20 Å². The lowest BCUT2D eigenvalue weighted by molar-refractivity contribution is 0.556. The molecule has 1 aromatic heterocycles. The van der Waals surface area contributed by atoms with Crippen LogP contribution in [0.25, 0.3) is 0 Å². The zero-order chi connectivity index (χ0) is 13.9. The lowest BCUT2D eigenvalue weighted by Crippen LogP contribution is -2.28. The zero-order valence-electron chi connectivity index (χ0n) is 11.2. The number of rotatable bonds is 4. The third-order valence-electron chi connectivity index (χ3n) is 3.12. The van der Waals surface area contributed by atoms with E-state index in [0.29, 0.717) is 5.69 Å². The average molecular weight is 320 g/mol. The lowest BCUT2D eigenvalue weighted by Gasteiger charge is -2.26. The summed E-state index contributed by atoms with van der Waals surface area (Å²) in [5, 5.41) is 3.37. The van der Waals surface area contributed by atoms with Crippen LogP contribution in [0.3, 0.4) is 0 Å². The van der Waals surface area contributed by atoms with Gasteiger partial charge in [0.25, 0.3) is 0 Å². The zero-order valence-corrected chi connectivity index (χ0v) is 12.7. The van der Waals surface area contributed by atoms with Gasteiger partial charge in [0.05, 0.1) is 16.4 Å². The molecule has 2 rings (SSSR count). The number of benzene rings is 1. The molecule has 3 N–H and O–H groups in total. The summed E-state index contributed by atoms with van der Waals surface area (Å²) in [6.07, 6.45) is 1.66. The summed E-state index contributed by atoms with van der Waals surface area (Å²) in [5.74, 6) is 0.818. The van der Waals surface area contributed by atoms with Gasteiger partial charge < -0.3 is 11.1 Å². The number of hydrogen-bond donors (Lipinski definition) is 2. The van der Waals surface area contributed by atoms with E-state index in [2.05, 4.69) is 64.3 Å². The van der Waals surface area contributed by atoms with E-state index in [9.17, 15) is 0 Å². The van der Waals surface area contributed by atoms with Gasteiger partial charge in [-0.15, -0.1) is 0 Å². The molecule has 0 atom stereocenters. The molecule has 1 aromatic carbocycles. The summed E-state index contributed by atoms with van der Waals surface area (Å²) < 4.78 is 0.886. The van der Waals surface area contributed by atoms with Crippen molar-refractivity contribution in [3.8, 4) is 0 Å². The van der Waals surface area contributed by atoms with Crippen LogP contribution in [0.15, 0.2) is 47.1 Å². The molecule has 19 heavy (non-hydrogen) atoms. The minimum absolute atomic E-state index is 0.0315. The molecule has 0 radical (unpaired) electrons. The average Bonchev–Trinajstić information content (AvgIpc) is 2.39. The summed E-state index contributed by atoms with van der Waals surface area (Å²) in [6, 6.07) is 12.3. The lowest BCUT2D eigenvalue weighted by atomic mass is 9.84. The van der Waals surface area contributed by atoms with Crippen molar-refractivity contribution in [1.29, 1.82) is 0 Å². The first-order valence-corrected chi connectivity index (χ1v) is 6.99. The van der Waals surface area contributed by atoms with Gasteiger partial charge in [-0.05, 0) is 27.6 Å². The summed E-state index contributed by atoms with van der Waals surface area (Å²) in [7, 11) is 0. The minimum atomic E-state index is 0.0315. The van der Waals surface area contributed by atoms with E-state index < -0.39 is 0 Å². The Balaban J connectivity index is 2.09. The van der Waals surface area contributed by atoms with Gasteiger partial charge in [-0.2, -0.15) is 0 Å². The Morgan fingerprint density at radius 2 is 1.95 bits per heavy atom. The fraction of sp³-hybridized carbons (Fsp3) is 0.267. The summed E-state index contributed by atoms with van der Waals surface area (Å²) in [6.45, 7) is 5.22. The maximum Gasteiger partial charge on any atom is 0.140 e. The number of nitrogen functional groups attached to an aromatic ring is 1. The number of anilines is 2. The molecule has 4 heteroatoms. The van der Waals surface area contributed by atoms with Gasteiger partial charge in [-0.25, -0.2) is 4.98 Å². The SMILES string of the molecule is CC(C)(CNc1ncc(N)cc1Br)c1ccccc1. The Hall–Kier alpha value is -1.55. The quantitative estimate of drug-likeness (QED) is 0.900. The van der Waals surface area contributed by atoms with Crippen molar-refractivity contribution in [3.05, 3.63) is 52.6 Å². The Labute approximate surface area is 122 Å². The summed E-state index contributed by atoms with van der Waals surface area (Å²) in [4.78, 5) is 4.29. The van der Waals surface area contributed by atoms with E-state index in [0.717, 1.165) is 16.8 Å². The van der Waals surface area contributed by atoms with Crippen molar-refractivity contribution in [2.45, 2.75) is 19.3 Å². The van der Waals surface area contributed by atoms with Gasteiger partial charge >= 0.3 is 0 Å². The van der Waals surface area contributed by atoms with Crippen LogP contribution in [0, 0.1) is 0 Å². The third-order valence-corrected chi connectivity index (χ3v) is 3.72. The highest BCUT2D eigenvalue weighted by Crippen LogP contribution is 2.26. The second-order valence-electron chi connectivity index (χ2n) is 5.20. The van der Waals surface area contributed by atoms with Crippen molar-refractivity contribution in [1.82, 2.24) is 4.98 Å². The van der Waals surface area contributed by atoms with Gasteiger partial charge in [0.15, 0.2) is 0 Å². The third kappa shape index (κ3) is 3.47. The Bertz CT molecular complexity index is 553. The maximum atomic E-state index is 5.68. The molecule has 2 aromatic rings. The van der Waals surface area contributed by atoms with Crippen LogP contribution in [0.5, 0.6) is 0 Å². The standard InChI is InChI=1S/C15H18BrN3/c1-15(2,11-6-4-3-5-7-11)10-19-14-13(16)8-12(17)9-18-14/h3-9H,10,17H2,1-2H3,(H,18,19). The molecule has 0 aliphatic heterocycles. The molecule has 0 spiro atoms. The van der Waals surface area contributed by atoms with E-state index >= 15 is 0 Å². The van der Waals surface area contributed by atoms with Crippen molar-refractivity contribution in [3.63, 3.8) is 0 Å². The van der Waals surface area contributed by atoms with Gasteiger partial charge in [0, 0.05) is 12.0 Å². The number of pyridine rings is 1. The summed E-state index contributed by atoms with van der Waals surface area (Å²) >= 11 is 3.47. The second kappa shape index (κ2) is 5.61. The summed E-state index contributed by atoms with van der Waals surface area (Å²) in [5.41, 5.74) is 7.66. The van der Waals surface area contributed by atoms with Crippen molar-refractivity contribution in [2.75, 3.05) is 17.6 Å². The molecule has 100 valence electrons. The van der Waals surface area contributed by atoms with Crippen LogP contribution < -0.4 is 11.1 Å². The topological polar surface area (TPSA) is 50.9 Å². The Morgan fingerprint density at radius 1 is 1.26 bits per heavy atom. The van der Waals surface area contributed by atoms with Crippen molar-refractivity contribution >= 4 is 27.4 Å². The molecule has 3 nitrogen and oxygen atoms in total. The first kappa shape index (κ1) is 13.9. The molecule has 1 heterocycles. The van der Waals surface area contributed by atoms with Gasteiger partial charge in [0.1, 0.15) is 5.82 Å². The van der Waals surface area contributed by atoms with E-state index in [1.807, 2.05) is 12.1 Å². The number of nitrogens with zero attached hydrogens (tertiary/aromatic N) is 1. The molecule has 0 aliphatic rings. The number of halogens is 1. The van der Waals surface area contributed by atoms with Crippen LogP contribution in [0.1, 0.15) is 19.4 Å². The molecule has 0 unspecified atom stereocenters. The second-order valence-corrected chi connectivity index (χ2v) is 6.06. The number of nitrogens with one attached hydrogen (secondary N) is 1. The molecule has 0 fully saturated rings. The monoisotopic (exact) mass is 319 g/mol. The first-order chi connectivity index (χ1) is 8.99. The highest BCUT2D eigenvalue weighted by Gasteiger charge is 2.20. The van der Waals surface area contributed by atoms with Crippen molar-refractivity contribution < 1.29 is 0 Å². The predicted molar refractivity (Wildman–Crippen MR) is 84.3 cm³/mol.